The molecular weight excluding hydrogens is 318 g/mol. The fraction of sp³-hybridized carbons (Fsp3) is 0.125. The van der Waals surface area contributed by atoms with Crippen LogP contribution in [0.2, 0.25) is 0 Å². The van der Waals surface area contributed by atoms with Crippen LogP contribution < -0.4 is 4.90 Å². The van der Waals surface area contributed by atoms with Crippen LogP contribution in [0.5, 0.6) is 0 Å². The Bertz CT molecular complexity index is 901. The molecule has 0 bridgehead atoms. The van der Waals surface area contributed by atoms with Crippen LogP contribution in [0.1, 0.15) is 23.6 Å². The summed E-state index contributed by atoms with van der Waals surface area (Å²) in [4.78, 5) is 14.7. The van der Waals surface area contributed by atoms with Crippen molar-refractivity contribution in [3.05, 3.63) is 114 Å². The van der Waals surface area contributed by atoms with Crippen molar-refractivity contribution in [1.82, 2.24) is 0 Å². The molecule has 1 aliphatic rings. The van der Waals surface area contributed by atoms with E-state index in [0.717, 1.165) is 29.7 Å². The lowest BCUT2D eigenvalue weighted by Gasteiger charge is -2.43. The second-order valence-electron chi connectivity index (χ2n) is 6.51. The topological polar surface area (TPSA) is 20.3 Å². The van der Waals surface area contributed by atoms with Crippen molar-refractivity contribution in [3.63, 3.8) is 0 Å². The van der Waals surface area contributed by atoms with E-state index in [1.165, 1.54) is 5.56 Å². The zero-order chi connectivity index (χ0) is 17.8. The summed E-state index contributed by atoms with van der Waals surface area (Å²) in [7, 11) is 0. The Balaban J connectivity index is 1.59. The van der Waals surface area contributed by atoms with Gasteiger partial charge in [-0.25, -0.2) is 0 Å². The normalized spacial score (nSPS) is 18.0. The van der Waals surface area contributed by atoms with Crippen molar-refractivity contribution in [2.45, 2.75) is 18.9 Å². The fourth-order valence-electron chi connectivity index (χ4n) is 3.50. The van der Waals surface area contributed by atoms with Crippen LogP contribution >= 0.6 is 0 Å². The maximum Gasteiger partial charge on any atom is 0.257 e. The number of aryl methyl sites for hydroxylation is 1. The Morgan fingerprint density at radius 1 is 0.769 bits per heavy atom. The van der Waals surface area contributed by atoms with E-state index in [-0.39, 0.29) is 11.9 Å². The van der Waals surface area contributed by atoms with Crippen LogP contribution in [0.15, 0.2) is 103 Å². The van der Waals surface area contributed by atoms with E-state index >= 15 is 0 Å². The molecule has 1 heterocycles. The molecule has 1 amide bonds. The summed E-state index contributed by atoms with van der Waals surface area (Å²) in [5.74, 6) is 0.109. The molecule has 0 spiro atoms. The smallest absolute Gasteiger partial charge is 0.257 e. The predicted molar refractivity (Wildman–Crippen MR) is 106 cm³/mol. The Morgan fingerprint density at radius 2 is 1.35 bits per heavy atom. The second kappa shape index (κ2) is 7.40. The van der Waals surface area contributed by atoms with Crippen LogP contribution in [0.4, 0.5) is 5.69 Å². The SMILES string of the molecule is O=C1/C(=C/CCc2ccccc2)C(c2ccccc2)N1c1ccccc1. The van der Waals surface area contributed by atoms with Gasteiger partial charge in [0.1, 0.15) is 0 Å². The van der Waals surface area contributed by atoms with Gasteiger partial charge >= 0.3 is 0 Å². The molecule has 1 fully saturated rings. The molecule has 1 saturated heterocycles. The summed E-state index contributed by atoms with van der Waals surface area (Å²) in [5.41, 5.74) is 4.30. The maximum absolute atomic E-state index is 12.8. The van der Waals surface area contributed by atoms with E-state index in [9.17, 15) is 4.79 Å². The molecular formula is C24H21NO. The zero-order valence-corrected chi connectivity index (χ0v) is 14.6. The number of anilines is 1. The molecule has 0 N–H and O–H groups in total. The minimum absolute atomic E-state index is 0.00173. The van der Waals surface area contributed by atoms with Gasteiger partial charge in [-0.15, -0.1) is 0 Å². The van der Waals surface area contributed by atoms with Crippen molar-refractivity contribution in [3.8, 4) is 0 Å². The molecule has 0 radical (unpaired) electrons. The Hall–Kier alpha value is -3.13. The third kappa shape index (κ3) is 3.18. The molecule has 3 aromatic carbocycles. The van der Waals surface area contributed by atoms with Crippen LogP contribution in [0.3, 0.4) is 0 Å². The summed E-state index contributed by atoms with van der Waals surface area (Å²) in [5, 5.41) is 0. The number of para-hydroxylation sites is 1. The van der Waals surface area contributed by atoms with Gasteiger partial charge in [-0.1, -0.05) is 84.9 Å². The van der Waals surface area contributed by atoms with Gasteiger partial charge in [-0.3, -0.25) is 9.69 Å². The number of benzene rings is 3. The first-order valence-corrected chi connectivity index (χ1v) is 9.02. The standard InChI is InChI=1S/C24H21NO/c26-24-22(18-10-13-19-11-4-1-5-12-19)23(20-14-6-2-7-15-20)25(24)21-16-8-3-9-17-21/h1-9,11-12,14-18,23H,10,13H2/b22-18+. The van der Waals surface area contributed by atoms with E-state index in [1.807, 2.05) is 59.5 Å². The average Bonchev–Trinajstić information content (AvgIpc) is 2.71. The van der Waals surface area contributed by atoms with Gasteiger partial charge in [0.15, 0.2) is 0 Å². The molecule has 26 heavy (non-hydrogen) atoms. The molecule has 1 atom stereocenters. The maximum atomic E-state index is 12.8. The number of allylic oxidation sites excluding steroid dienone is 1. The number of carbonyl (C=O) groups is 1. The highest BCUT2D eigenvalue weighted by Gasteiger charge is 2.43. The minimum Gasteiger partial charge on any atom is -0.297 e. The molecule has 0 aromatic heterocycles. The first-order chi connectivity index (χ1) is 12.8. The number of carbonyl (C=O) groups excluding carboxylic acids is 1. The first kappa shape index (κ1) is 16.3. The number of amides is 1. The highest BCUT2D eigenvalue weighted by atomic mass is 16.2. The van der Waals surface area contributed by atoms with Crippen LogP contribution in [0.25, 0.3) is 0 Å². The number of hydrogen-bond acceptors (Lipinski definition) is 1. The third-order valence-corrected chi connectivity index (χ3v) is 4.81. The Labute approximate surface area is 154 Å². The van der Waals surface area contributed by atoms with Gasteiger partial charge in [0.25, 0.3) is 5.91 Å². The van der Waals surface area contributed by atoms with E-state index in [4.69, 9.17) is 0 Å². The Morgan fingerprint density at radius 3 is 2.00 bits per heavy atom. The predicted octanol–water partition coefficient (Wildman–Crippen LogP) is 5.33. The van der Waals surface area contributed by atoms with E-state index in [0.29, 0.717) is 0 Å². The Kier molecular flexibility index (Phi) is 4.65. The molecule has 2 heteroatoms. The van der Waals surface area contributed by atoms with Gasteiger partial charge in [0, 0.05) is 11.3 Å². The molecule has 128 valence electrons. The van der Waals surface area contributed by atoms with Gasteiger partial charge < -0.3 is 0 Å². The van der Waals surface area contributed by atoms with Crippen LogP contribution in [0, 0.1) is 0 Å². The van der Waals surface area contributed by atoms with E-state index in [1.54, 1.807) is 0 Å². The lowest BCUT2D eigenvalue weighted by atomic mass is 9.86. The van der Waals surface area contributed by atoms with Gasteiger partial charge in [0.05, 0.1) is 6.04 Å². The van der Waals surface area contributed by atoms with E-state index in [2.05, 4.69) is 42.5 Å². The zero-order valence-electron chi connectivity index (χ0n) is 14.6. The monoisotopic (exact) mass is 339 g/mol. The average molecular weight is 339 g/mol. The van der Waals surface area contributed by atoms with Gasteiger partial charge in [-0.05, 0) is 36.1 Å². The first-order valence-electron chi connectivity index (χ1n) is 9.02. The summed E-state index contributed by atoms with van der Waals surface area (Å²) in [6, 6.07) is 30.6. The highest BCUT2D eigenvalue weighted by Crippen LogP contribution is 2.43. The van der Waals surface area contributed by atoms with Gasteiger partial charge in [-0.2, -0.15) is 0 Å². The van der Waals surface area contributed by atoms with Crippen molar-refractivity contribution in [2.75, 3.05) is 4.90 Å². The fourth-order valence-corrected chi connectivity index (χ4v) is 3.50. The largest absolute Gasteiger partial charge is 0.297 e. The number of rotatable bonds is 5. The molecule has 1 aliphatic heterocycles. The van der Waals surface area contributed by atoms with E-state index < -0.39 is 0 Å². The quantitative estimate of drug-likeness (QED) is 0.454. The van der Waals surface area contributed by atoms with Crippen molar-refractivity contribution in [2.24, 2.45) is 0 Å². The number of nitrogens with zero attached hydrogens (tertiary/aromatic N) is 1. The number of β-lactam (4-membered cyclic amide) rings is 1. The summed E-state index contributed by atoms with van der Waals surface area (Å²) < 4.78 is 0. The summed E-state index contributed by atoms with van der Waals surface area (Å²) in [6.07, 6.45) is 3.94. The molecule has 0 aliphatic carbocycles. The lowest BCUT2D eigenvalue weighted by Crippen LogP contribution is -2.49. The summed E-state index contributed by atoms with van der Waals surface area (Å²) >= 11 is 0. The molecule has 1 unspecified atom stereocenters. The van der Waals surface area contributed by atoms with Gasteiger partial charge in [0.2, 0.25) is 0 Å². The summed E-state index contributed by atoms with van der Waals surface area (Å²) in [6.45, 7) is 0. The third-order valence-electron chi connectivity index (χ3n) is 4.81. The molecule has 4 rings (SSSR count). The number of hydrogen-bond donors (Lipinski definition) is 0. The van der Waals surface area contributed by atoms with Crippen LogP contribution in [-0.2, 0) is 11.2 Å². The van der Waals surface area contributed by atoms with Crippen molar-refractivity contribution in [1.29, 1.82) is 0 Å². The molecule has 3 aromatic rings. The minimum atomic E-state index is 0.00173. The van der Waals surface area contributed by atoms with Crippen molar-refractivity contribution < 1.29 is 4.79 Å². The van der Waals surface area contributed by atoms with Crippen molar-refractivity contribution >= 4 is 11.6 Å². The second-order valence-corrected chi connectivity index (χ2v) is 6.51. The van der Waals surface area contributed by atoms with Crippen LogP contribution in [-0.4, -0.2) is 5.91 Å². The lowest BCUT2D eigenvalue weighted by molar-refractivity contribution is -0.119. The highest BCUT2D eigenvalue weighted by molar-refractivity contribution is 6.15. The molecule has 2 nitrogen and oxygen atoms in total. The molecule has 0 saturated carbocycles.